The highest BCUT2D eigenvalue weighted by molar-refractivity contribution is 6.47. The van der Waals surface area contributed by atoms with Gasteiger partial charge in [-0.2, -0.15) is 0 Å². The van der Waals surface area contributed by atoms with Gasteiger partial charge in [0.05, 0.1) is 11.4 Å². The summed E-state index contributed by atoms with van der Waals surface area (Å²) < 4.78 is 15.4. The molecule has 1 aromatic rings. The van der Waals surface area contributed by atoms with E-state index in [0.717, 1.165) is 0 Å². The molecule has 2 rings (SSSR count). The van der Waals surface area contributed by atoms with Crippen molar-refractivity contribution in [1.29, 1.82) is 0 Å². The lowest BCUT2D eigenvalue weighted by Crippen LogP contribution is -2.54. The highest BCUT2D eigenvalue weighted by atomic mass is 16.7. The van der Waals surface area contributed by atoms with E-state index in [9.17, 15) is 19.4 Å². The highest BCUT2D eigenvalue weighted by Crippen LogP contribution is 2.30. The van der Waals surface area contributed by atoms with E-state index in [4.69, 9.17) is 14.1 Å². The fourth-order valence-corrected chi connectivity index (χ4v) is 2.49. The van der Waals surface area contributed by atoms with Crippen molar-refractivity contribution in [3.05, 3.63) is 29.3 Å². The number of carbonyl (C=O) groups is 3. The van der Waals surface area contributed by atoms with Gasteiger partial charge in [0.15, 0.2) is 0 Å². The second-order valence-electron chi connectivity index (χ2n) is 8.01. The molecule has 1 aliphatic heterocycles. The van der Waals surface area contributed by atoms with Crippen LogP contribution >= 0.6 is 0 Å². The van der Waals surface area contributed by atoms with Gasteiger partial charge in [0, 0.05) is 5.92 Å². The molecule has 1 heterocycles. The largest absolute Gasteiger partial charge is 0.547 e. The minimum Gasteiger partial charge on any atom is -0.534 e. The van der Waals surface area contributed by atoms with Gasteiger partial charge >= 0.3 is 19.1 Å². The van der Waals surface area contributed by atoms with Crippen LogP contribution in [-0.2, 0) is 25.5 Å². The Morgan fingerprint density at radius 1 is 1.29 bits per heavy atom. The van der Waals surface area contributed by atoms with E-state index < -0.39 is 37.2 Å². The minimum absolute atomic E-state index is 0.108. The number of hydrogen-bond acceptors (Lipinski definition) is 7. The van der Waals surface area contributed by atoms with Gasteiger partial charge in [-0.15, -0.1) is 0 Å². The zero-order chi connectivity index (χ0) is 21.1. The number of para-hydroxylation sites is 1. The molecule has 1 amide bonds. The van der Waals surface area contributed by atoms with E-state index in [2.05, 4.69) is 5.32 Å². The average molecular weight is 391 g/mol. The van der Waals surface area contributed by atoms with Gasteiger partial charge < -0.3 is 24.5 Å². The maximum Gasteiger partial charge on any atom is 0.547 e. The standard InChI is InChI=1S/C19H26BNO7/c1-11(2)16(22)21-14-9-12-7-6-8-13(15(12)28-20(14)25)17(23)26-10-27-18(24)19(3,4)5/h6-8,11,14,25H,9-10H2,1-5H3,(H,21,22)/t14-/m0/s1. The minimum atomic E-state index is -1.30. The maximum atomic E-state index is 12.4. The summed E-state index contributed by atoms with van der Waals surface area (Å²) in [5.41, 5.74) is 0.0542. The molecule has 0 aromatic heterocycles. The van der Waals surface area contributed by atoms with Crippen LogP contribution in [0, 0.1) is 11.3 Å². The van der Waals surface area contributed by atoms with Crippen LogP contribution in [0.25, 0.3) is 0 Å². The first-order valence-corrected chi connectivity index (χ1v) is 9.12. The zero-order valence-electron chi connectivity index (χ0n) is 16.8. The summed E-state index contributed by atoms with van der Waals surface area (Å²) in [5, 5.41) is 13.0. The Balaban J connectivity index is 2.06. The van der Waals surface area contributed by atoms with E-state index in [1.807, 2.05) is 0 Å². The number of esters is 2. The molecule has 9 heteroatoms. The molecule has 0 spiro atoms. The molecule has 0 radical (unpaired) electrons. The number of fused-ring (bicyclic) bond motifs is 1. The van der Waals surface area contributed by atoms with Gasteiger partial charge in [-0.1, -0.05) is 26.0 Å². The predicted octanol–water partition coefficient (Wildman–Crippen LogP) is 1.49. The van der Waals surface area contributed by atoms with E-state index in [1.165, 1.54) is 6.07 Å². The van der Waals surface area contributed by atoms with Crippen LogP contribution in [0.5, 0.6) is 5.75 Å². The third kappa shape index (κ3) is 5.25. The molecule has 0 saturated heterocycles. The lowest BCUT2D eigenvalue weighted by Gasteiger charge is -2.29. The topological polar surface area (TPSA) is 111 Å². The SMILES string of the molecule is CC(C)C(=O)N[C@H]1Cc2cccc(C(=O)OCOC(=O)C(C)(C)C)c2OB1O. The smallest absolute Gasteiger partial charge is 0.534 e. The molecule has 0 bridgehead atoms. The molecule has 28 heavy (non-hydrogen) atoms. The fraction of sp³-hybridized carbons (Fsp3) is 0.526. The molecule has 0 saturated carbocycles. The van der Waals surface area contributed by atoms with Gasteiger partial charge in [-0.05, 0) is 38.8 Å². The zero-order valence-corrected chi connectivity index (χ0v) is 16.8. The molecule has 2 N–H and O–H groups in total. The summed E-state index contributed by atoms with van der Waals surface area (Å²) in [6.45, 7) is 8.05. The van der Waals surface area contributed by atoms with E-state index in [1.54, 1.807) is 46.8 Å². The monoisotopic (exact) mass is 391 g/mol. The molecule has 0 unspecified atom stereocenters. The number of benzene rings is 1. The lowest BCUT2D eigenvalue weighted by molar-refractivity contribution is -0.161. The third-order valence-corrected chi connectivity index (χ3v) is 4.18. The molecule has 1 atom stereocenters. The van der Waals surface area contributed by atoms with Gasteiger partial charge in [-0.25, -0.2) is 4.79 Å². The Hall–Kier alpha value is -2.55. The highest BCUT2D eigenvalue weighted by Gasteiger charge is 2.38. The summed E-state index contributed by atoms with van der Waals surface area (Å²) in [5.74, 6) is -2.10. The maximum absolute atomic E-state index is 12.4. The summed E-state index contributed by atoms with van der Waals surface area (Å²) >= 11 is 0. The van der Waals surface area contributed by atoms with Crippen molar-refractivity contribution in [2.75, 3.05) is 6.79 Å². The average Bonchev–Trinajstić information content (AvgIpc) is 2.60. The molecule has 8 nitrogen and oxygen atoms in total. The first-order chi connectivity index (χ1) is 13.0. The second-order valence-corrected chi connectivity index (χ2v) is 8.01. The van der Waals surface area contributed by atoms with Crippen LogP contribution in [0.3, 0.4) is 0 Å². The Morgan fingerprint density at radius 2 is 1.96 bits per heavy atom. The van der Waals surface area contributed by atoms with Crippen molar-refractivity contribution in [1.82, 2.24) is 5.32 Å². The summed E-state index contributed by atoms with van der Waals surface area (Å²) in [7, 11) is -1.30. The first-order valence-electron chi connectivity index (χ1n) is 9.12. The normalized spacial score (nSPS) is 16.1. The first kappa shape index (κ1) is 21.8. The molecule has 0 aliphatic carbocycles. The Labute approximate surface area is 164 Å². The molecular formula is C19H26BNO7. The number of amides is 1. The number of ether oxygens (including phenoxy) is 2. The molecule has 152 valence electrons. The number of nitrogens with one attached hydrogen (secondary N) is 1. The summed E-state index contributed by atoms with van der Waals surface area (Å²) in [4.78, 5) is 36.0. The van der Waals surface area contributed by atoms with Crippen LogP contribution in [0.2, 0.25) is 0 Å². The summed E-state index contributed by atoms with van der Waals surface area (Å²) in [6, 6.07) is 4.89. The molecule has 1 aliphatic rings. The van der Waals surface area contributed by atoms with Crippen molar-refractivity contribution < 1.29 is 33.5 Å². The van der Waals surface area contributed by atoms with E-state index >= 15 is 0 Å². The van der Waals surface area contributed by atoms with Gasteiger partial charge in [0.1, 0.15) is 11.3 Å². The lowest BCUT2D eigenvalue weighted by atomic mass is 9.72. The quantitative estimate of drug-likeness (QED) is 0.444. The summed E-state index contributed by atoms with van der Waals surface area (Å²) in [6.07, 6.45) is 0.301. The number of rotatable bonds is 5. The molecule has 0 fully saturated rings. The van der Waals surface area contributed by atoms with Gasteiger partial charge in [0.2, 0.25) is 12.7 Å². The van der Waals surface area contributed by atoms with Crippen molar-refractivity contribution in [3.8, 4) is 5.75 Å². The third-order valence-electron chi connectivity index (χ3n) is 4.18. The number of carbonyl (C=O) groups excluding carboxylic acids is 3. The molecular weight excluding hydrogens is 365 g/mol. The second kappa shape index (κ2) is 8.64. The number of hydrogen-bond donors (Lipinski definition) is 2. The van der Waals surface area contributed by atoms with Crippen LogP contribution < -0.4 is 9.97 Å². The Kier molecular flexibility index (Phi) is 6.71. The van der Waals surface area contributed by atoms with Crippen molar-refractivity contribution in [2.24, 2.45) is 11.3 Å². The van der Waals surface area contributed by atoms with Crippen LogP contribution in [0.4, 0.5) is 0 Å². The van der Waals surface area contributed by atoms with Crippen LogP contribution in [0.15, 0.2) is 18.2 Å². The fourth-order valence-electron chi connectivity index (χ4n) is 2.49. The van der Waals surface area contributed by atoms with Crippen molar-refractivity contribution >= 4 is 25.0 Å². The van der Waals surface area contributed by atoms with Gasteiger partial charge in [0.25, 0.3) is 0 Å². The Bertz CT molecular complexity index is 757. The Morgan fingerprint density at radius 3 is 2.57 bits per heavy atom. The predicted molar refractivity (Wildman–Crippen MR) is 101 cm³/mol. The van der Waals surface area contributed by atoms with Crippen molar-refractivity contribution in [2.45, 2.75) is 47.0 Å². The van der Waals surface area contributed by atoms with Gasteiger partial charge in [-0.3, -0.25) is 9.59 Å². The van der Waals surface area contributed by atoms with Crippen LogP contribution in [-0.4, -0.2) is 42.7 Å². The van der Waals surface area contributed by atoms with E-state index in [0.29, 0.717) is 12.0 Å². The molecule has 1 aromatic carbocycles. The van der Waals surface area contributed by atoms with Crippen LogP contribution in [0.1, 0.15) is 50.5 Å². The van der Waals surface area contributed by atoms with E-state index in [-0.39, 0.29) is 23.1 Å². The van der Waals surface area contributed by atoms with Crippen molar-refractivity contribution in [3.63, 3.8) is 0 Å².